The van der Waals surface area contributed by atoms with Crippen LogP contribution >= 0.6 is 0 Å². The summed E-state index contributed by atoms with van der Waals surface area (Å²) in [6, 6.07) is 3.63. The van der Waals surface area contributed by atoms with Gasteiger partial charge in [-0.25, -0.2) is 4.39 Å². The average Bonchev–Trinajstić information content (AvgIpc) is 2.39. The second kappa shape index (κ2) is 6.02. The third-order valence-electron chi connectivity index (χ3n) is 3.56. The van der Waals surface area contributed by atoms with Crippen molar-refractivity contribution in [1.29, 1.82) is 0 Å². The second-order valence-corrected chi connectivity index (χ2v) is 5.00. The summed E-state index contributed by atoms with van der Waals surface area (Å²) >= 11 is 0. The molecule has 4 nitrogen and oxygen atoms in total. The monoisotopic (exact) mass is 266 g/mol. The Labute approximate surface area is 112 Å². The molecule has 1 unspecified atom stereocenters. The van der Waals surface area contributed by atoms with E-state index in [0.717, 1.165) is 25.3 Å². The Morgan fingerprint density at radius 3 is 3.00 bits per heavy atom. The third-order valence-corrected chi connectivity index (χ3v) is 3.56. The number of hydrogen-bond acceptors (Lipinski definition) is 3. The van der Waals surface area contributed by atoms with Gasteiger partial charge in [0.2, 0.25) is 0 Å². The van der Waals surface area contributed by atoms with Gasteiger partial charge in [-0.05, 0) is 43.9 Å². The van der Waals surface area contributed by atoms with Crippen molar-refractivity contribution in [3.63, 3.8) is 0 Å². The molecule has 0 saturated carbocycles. The highest BCUT2D eigenvalue weighted by Crippen LogP contribution is 2.22. The number of likely N-dealkylation sites (tertiary alicyclic amines) is 1. The SMILES string of the molecule is NCCC1CCCN(C(=O)c2ccc(O)cc2F)C1. The van der Waals surface area contributed by atoms with Crippen LogP contribution in [0.15, 0.2) is 18.2 Å². The predicted molar refractivity (Wildman–Crippen MR) is 70.4 cm³/mol. The molecule has 5 heteroatoms. The fraction of sp³-hybridized carbons (Fsp3) is 0.500. The summed E-state index contributed by atoms with van der Waals surface area (Å²) < 4.78 is 13.7. The van der Waals surface area contributed by atoms with Gasteiger partial charge in [0.1, 0.15) is 11.6 Å². The number of phenols is 1. The Morgan fingerprint density at radius 1 is 1.53 bits per heavy atom. The molecule has 19 heavy (non-hydrogen) atoms. The summed E-state index contributed by atoms with van der Waals surface area (Å²) in [5.41, 5.74) is 5.56. The lowest BCUT2D eigenvalue weighted by atomic mass is 9.94. The van der Waals surface area contributed by atoms with E-state index in [-0.39, 0.29) is 17.2 Å². The normalized spacial score (nSPS) is 19.5. The number of aromatic hydroxyl groups is 1. The number of hydrogen-bond donors (Lipinski definition) is 2. The molecule has 1 aliphatic heterocycles. The Kier molecular flexibility index (Phi) is 4.37. The lowest BCUT2D eigenvalue weighted by Gasteiger charge is -2.32. The van der Waals surface area contributed by atoms with Crippen LogP contribution in [0.25, 0.3) is 0 Å². The van der Waals surface area contributed by atoms with Crippen LogP contribution in [0.1, 0.15) is 29.6 Å². The molecule has 0 radical (unpaired) electrons. The predicted octanol–water partition coefficient (Wildman–Crippen LogP) is 1.73. The zero-order valence-corrected chi connectivity index (χ0v) is 10.8. The first-order valence-electron chi connectivity index (χ1n) is 6.59. The summed E-state index contributed by atoms with van der Waals surface area (Å²) in [7, 11) is 0. The number of carbonyl (C=O) groups is 1. The van der Waals surface area contributed by atoms with Crippen molar-refractivity contribution in [3.05, 3.63) is 29.6 Å². The zero-order chi connectivity index (χ0) is 13.8. The van der Waals surface area contributed by atoms with Crippen LogP contribution < -0.4 is 5.73 Å². The van der Waals surface area contributed by atoms with Crippen molar-refractivity contribution in [2.75, 3.05) is 19.6 Å². The van der Waals surface area contributed by atoms with E-state index in [1.165, 1.54) is 12.1 Å². The maximum atomic E-state index is 13.7. The van der Waals surface area contributed by atoms with Crippen LogP contribution in [0.4, 0.5) is 4.39 Å². The minimum atomic E-state index is -0.675. The number of benzene rings is 1. The molecule has 104 valence electrons. The number of amides is 1. The maximum Gasteiger partial charge on any atom is 0.256 e. The van der Waals surface area contributed by atoms with Gasteiger partial charge >= 0.3 is 0 Å². The third kappa shape index (κ3) is 3.23. The number of nitrogens with zero attached hydrogens (tertiary/aromatic N) is 1. The molecule has 2 rings (SSSR count). The van der Waals surface area contributed by atoms with Crippen molar-refractivity contribution in [1.82, 2.24) is 4.90 Å². The smallest absolute Gasteiger partial charge is 0.256 e. The number of nitrogens with two attached hydrogens (primary N) is 1. The first kappa shape index (κ1) is 13.8. The van der Waals surface area contributed by atoms with Gasteiger partial charge in [-0.3, -0.25) is 4.79 Å². The molecular weight excluding hydrogens is 247 g/mol. The van der Waals surface area contributed by atoms with Crippen molar-refractivity contribution in [2.24, 2.45) is 11.7 Å². The summed E-state index contributed by atoms with van der Waals surface area (Å²) in [6.07, 6.45) is 2.89. The lowest BCUT2D eigenvalue weighted by molar-refractivity contribution is 0.0665. The van der Waals surface area contributed by atoms with E-state index in [0.29, 0.717) is 25.6 Å². The Bertz CT molecular complexity index is 463. The summed E-state index contributed by atoms with van der Waals surface area (Å²) in [5, 5.41) is 9.16. The molecule has 1 aliphatic rings. The molecule has 1 aromatic rings. The lowest BCUT2D eigenvalue weighted by Crippen LogP contribution is -2.40. The fourth-order valence-electron chi connectivity index (χ4n) is 2.57. The minimum absolute atomic E-state index is 0.0196. The molecule has 1 amide bonds. The highest BCUT2D eigenvalue weighted by molar-refractivity contribution is 5.94. The molecule has 1 saturated heterocycles. The molecule has 0 bridgehead atoms. The van der Waals surface area contributed by atoms with E-state index in [2.05, 4.69) is 0 Å². The van der Waals surface area contributed by atoms with Crippen LogP contribution in [-0.2, 0) is 0 Å². The summed E-state index contributed by atoms with van der Waals surface area (Å²) in [5.74, 6) is -0.748. The summed E-state index contributed by atoms with van der Waals surface area (Å²) in [6.45, 7) is 1.90. The zero-order valence-electron chi connectivity index (χ0n) is 10.8. The van der Waals surface area contributed by atoms with Gasteiger partial charge < -0.3 is 15.7 Å². The standard InChI is InChI=1S/C14H19FN2O2/c15-13-8-11(18)3-4-12(13)14(19)17-7-1-2-10(9-17)5-6-16/h3-4,8,10,18H,1-2,5-7,9,16H2. The van der Waals surface area contributed by atoms with Crippen LogP contribution in [-0.4, -0.2) is 35.5 Å². The Balaban J connectivity index is 2.10. The van der Waals surface area contributed by atoms with E-state index in [9.17, 15) is 9.18 Å². The molecule has 0 aromatic heterocycles. The van der Waals surface area contributed by atoms with Crippen molar-refractivity contribution >= 4 is 5.91 Å². The second-order valence-electron chi connectivity index (χ2n) is 5.00. The van der Waals surface area contributed by atoms with Gasteiger partial charge in [0.15, 0.2) is 0 Å². The van der Waals surface area contributed by atoms with Crippen molar-refractivity contribution in [3.8, 4) is 5.75 Å². The van der Waals surface area contributed by atoms with Crippen LogP contribution in [0.3, 0.4) is 0 Å². The molecule has 1 atom stereocenters. The maximum absolute atomic E-state index is 13.7. The fourth-order valence-corrected chi connectivity index (χ4v) is 2.57. The van der Waals surface area contributed by atoms with E-state index in [4.69, 9.17) is 10.8 Å². The number of carbonyl (C=O) groups excluding carboxylic acids is 1. The first-order valence-corrected chi connectivity index (χ1v) is 6.59. The van der Waals surface area contributed by atoms with Gasteiger partial charge in [-0.2, -0.15) is 0 Å². The highest BCUT2D eigenvalue weighted by atomic mass is 19.1. The number of rotatable bonds is 3. The molecule has 1 heterocycles. The molecule has 1 aromatic carbocycles. The van der Waals surface area contributed by atoms with Gasteiger partial charge in [0, 0.05) is 19.2 Å². The first-order chi connectivity index (χ1) is 9.11. The van der Waals surface area contributed by atoms with Crippen LogP contribution in [0, 0.1) is 11.7 Å². The van der Waals surface area contributed by atoms with Gasteiger partial charge in [0.05, 0.1) is 5.56 Å². The summed E-state index contributed by atoms with van der Waals surface area (Å²) in [4.78, 5) is 13.9. The van der Waals surface area contributed by atoms with Gasteiger partial charge in [0.25, 0.3) is 5.91 Å². The number of piperidine rings is 1. The van der Waals surface area contributed by atoms with Crippen molar-refractivity contribution in [2.45, 2.75) is 19.3 Å². The Morgan fingerprint density at radius 2 is 2.32 bits per heavy atom. The molecule has 3 N–H and O–H groups in total. The number of halogens is 1. The van der Waals surface area contributed by atoms with Gasteiger partial charge in [-0.1, -0.05) is 0 Å². The van der Waals surface area contributed by atoms with Crippen LogP contribution in [0.5, 0.6) is 5.75 Å². The largest absolute Gasteiger partial charge is 0.508 e. The van der Waals surface area contributed by atoms with E-state index in [1.54, 1.807) is 4.90 Å². The van der Waals surface area contributed by atoms with Gasteiger partial charge in [-0.15, -0.1) is 0 Å². The topological polar surface area (TPSA) is 66.6 Å². The quantitative estimate of drug-likeness (QED) is 0.875. The molecular formula is C14H19FN2O2. The number of phenolic OH excluding ortho intramolecular Hbond substituents is 1. The minimum Gasteiger partial charge on any atom is -0.508 e. The van der Waals surface area contributed by atoms with E-state index in [1.807, 2.05) is 0 Å². The Hall–Kier alpha value is -1.62. The molecule has 1 fully saturated rings. The molecule has 0 spiro atoms. The van der Waals surface area contributed by atoms with Crippen LogP contribution in [0.2, 0.25) is 0 Å². The van der Waals surface area contributed by atoms with E-state index < -0.39 is 5.82 Å². The van der Waals surface area contributed by atoms with E-state index >= 15 is 0 Å². The van der Waals surface area contributed by atoms with Crippen molar-refractivity contribution < 1.29 is 14.3 Å². The molecule has 0 aliphatic carbocycles. The average molecular weight is 266 g/mol. The highest BCUT2D eigenvalue weighted by Gasteiger charge is 2.25.